The number of hydrogen-bond donors (Lipinski definition) is 0. The van der Waals surface area contributed by atoms with Gasteiger partial charge in [-0.2, -0.15) is 0 Å². The molecule has 1 spiro atoms. The molecule has 0 N–H and O–H groups in total. The van der Waals surface area contributed by atoms with Crippen molar-refractivity contribution in [2.75, 3.05) is 0 Å². The van der Waals surface area contributed by atoms with Gasteiger partial charge in [0.15, 0.2) is 0 Å². The molecule has 0 amide bonds. The molecule has 4 fully saturated rings. The van der Waals surface area contributed by atoms with E-state index in [1.807, 2.05) is 0 Å². The molecule has 2 aromatic heterocycles. The first-order valence-electron chi connectivity index (χ1n) is 20.2. The molecule has 0 radical (unpaired) electrons. The molecule has 262 valence electrons. The summed E-state index contributed by atoms with van der Waals surface area (Å²) in [5, 5.41) is 4.81. The maximum absolute atomic E-state index is 6.56. The maximum atomic E-state index is 6.56. The summed E-state index contributed by atoms with van der Waals surface area (Å²) in [4.78, 5) is 10.8. The molecular formula is C52H38N2O. The fraction of sp³-hybridized carbons (Fsp3) is 0.192. The number of para-hydroxylation sites is 1. The molecule has 5 aliphatic rings. The van der Waals surface area contributed by atoms with Crippen LogP contribution in [0.2, 0.25) is 0 Å². The van der Waals surface area contributed by atoms with E-state index in [1.165, 1.54) is 70.5 Å². The number of aromatic nitrogens is 2. The molecule has 9 aromatic rings. The van der Waals surface area contributed by atoms with Crippen LogP contribution in [-0.4, -0.2) is 9.97 Å². The van der Waals surface area contributed by atoms with Gasteiger partial charge in [0.25, 0.3) is 0 Å². The Morgan fingerprint density at radius 2 is 1.18 bits per heavy atom. The SMILES string of the molecule is c1ccc(-c2nc3ccc4ccccc4c3nc2-c2cccc(-c3ccc4c(c3)-c3c(ccc5oc6ccccc6c35)C43C4CC5CC(C4)CC3C5)c2)cc1. The van der Waals surface area contributed by atoms with Crippen molar-refractivity contribution in [1.29, 1.82) is 0 Å². The Morgan fingerprint density at radius 1 is 0.491 bits per heavy atom. The summed E-state index contributed by atoms with van der Waals surface area (Å²) in [6.07, 6.45) is 6.92. The van der Waals surface area contributed by atoms with E-state index in [1.54, 1.807) is 11.1 Å². The Hall–Kier alpha value is -6.06. The van der Waals surface area contributed by atoms with Crippen molar-refractivity contribution in [3.63, 3.8) is 0 Å². The van der Waals surface area contributed by atoms with Crippen LogP contribution < -0.4 is 0 Å². The van der Waals surface area contributed by atoms with Crippen molar-refractivity contribution in [3.05, 3.63) is 157 Å². The van der Waals surface area contributed by atoms with E-state index in [0.29, 0.717) is 11.8 Å². The van der Waals surface area contributed by atoms with Gasteiger partial charge in [0.2, 0.25) is 0 Å². The minimum atomic E-state index is 0.0824. The van der Waals surface area contributed by atoms with Gasteiger partial charge in [-0.25, -0.2) is 9.97 Å². The fourth-order valence-corrected chi connectivity index (χ4v) is 12.3. The lowest BCUT2D eigenvalue weighted by Crippen LogP contribution is -2.55. The fourth-order valence-electron chi connectivity index (χ4n) is 12.3. The number of fused-ring (bicyclic) bond motifs is 10. The highest BCUT2D eigenvalue weighted by Gasteiger charge is 2.61. The predicted octanol–water partition coefficient (Wildman–Crippen LogP) is 13.4. The van der Waals surface area contributed by atoms with Crippen LogP contribution in [0.3, 0.4) is 0 Å². The minimum absolute atomic E-state index is 0.0824. The van der Waals surface area contributed by atoms with E-state index >= 15 is 0 Å². The van der Waals surface area contributed by atoms with Gasteiger partial charge in [-0.1, -0.05) is 115 Å². The average Bonchev–Trinajstić information content (AvgIpc) is 3.76. The summed E-state index contributed by atoms with van der Waals surface area (Å²) < 4.78 is 6.56. The van der Waals surface area contributed by atoms with Crippen LogP contribution in [0.4, 0.5) is 0 Å². The lowest BCUT2D eigenvalue weighted by Gasteiger charge is -2.61. The zero-order valence-electron chi connectivity index (χ0n) is 30.5. The van der Waals surface area contributed by atoms with Crippen molar-refractivity contribution in [2.45, 2.75) is 37.5 Å². The van der Waals surface area contributed by atoms with Crippen LogP contribution in [-0.2, 0) is 5.41 Å². The van der Waals surface area contributed by atoms with E-state index in [2.05, 4.69) is 146 Å². The van der Waals surface area contributed by atoms with E-state index in [0.717, 1.165) is 61.9 Å². The molecule has 0 saturated heterocycles. The summed E-state index contributed by atoms with van der Waals surface area (Å²) >= 11 is 0. The van der Waals surface area contributed by atoms with Crippen LogP contribution >= 0.6 is 0 Å². The highest BCUT2D eigenvalue weighted by molar-refractivity contribution is 6.15. The molecule has 14 rings (SSSR count). The van der Waals surface area contributed by atoms with E-state index in [9.17, 15) is 0 Å². The zero-order chi connectivity index (χ0) is 35.8. The Kier molecular flexibility index (Phi) is 6.06. The molecule has 3 heteroatoms. The van der Waals surface area contributed by atoms with Gasteiger partial charge in [0.05, 0.1) is 22.4 Å². The molecule has 5 aliphatic carbocycles. The highest BCUT2D eigenvalue weighted by atomic mass is 16.3. The second-order valence-corrected chi connectivity index (χ2v) is 16.9. The van der Waals surface area contributed by atoms with Gasteiger partial charge in [-0.15, -0.1) is 0 Å². The Morgan fingerprint density at radius 3 is 2.04 bits per heavy atom. The normalized spacial score (nSPS) is 23.3. The molecule has 0 atom stereocenters. The van der Waals surface area contributed by atoms with Crippen molar-refractivity contribution < 1.29 is 4.42 Å². The summed E-state index contributed by atoms with van der Waals surface area (Å²) in [6.45, 7) is 0. The summed E-state index contributed by atoms with van der Waals surface area (Å²) in [6, 6.07) is 53.1. The average molecular weight is 707 g/mol. The molecule has 0 aliphatic heterocycles. The third-order valence-corrected chi connectivity index (χ3v) is 14.2. The first-order chi connectivity index (χ1) is 27.2. The number of nitrogens with zero attached hydrogens (tertiary/aromatic N) is 2. The molecular weight excluding hydrogens is 669 g/mol. The van der Waals surface area contributed by atoms with Gasteiger partial charge in [0, 0.05) is 32.7 Å². The van der Waals surface area contributed by atoms with Gasteiger partial charge < -0.3 is 4.42 Å². The van der Waals surface area contributed by atoms with E-state index < -0.39 is 0 Å². The standard InChI is InChI=1S/C52H38N2O/c1-2-10-33(11-3-1)49-50(54-51-39-14-5-4-9-32(39)18-21-44(51)53-49)36-13-8-12-34(28-36)35-17-19-42-41(29-35)47-43(20-22-46-48(47)40-15-6-7-16-45(40)55-46)52(42)37-24-30-23-31(26-37)27-38(52)25-30/h1-22,28-31,37-38H,23-27H2. The van der Waals surface area contributed by atoms with E-state index in [-0.39, 0.29) is 5.41 Å². The molecule has 7 aromatic carbocycles. The smallest absolute Gasteiger partial charge is 0.136 e. The van der Waals surface area contributed by atoms with Gasteiger partial charge in [0.1, 0.15) is 11.2 Å². The zero-order valence-corrected chi connectivity index (χ0v) is 30.5. The number of rotatable bonds is 3. The molecule has 55 heavy (non-hydrogen) atoms. The molecule has 3 nitrogen and oxygen atoms in total. The third kappa shape index (κ3) is 4.11. The van der Waals surface area contributed by atoms with Gasteiger partial charge in [-0.05, 0) is 125 Å². The molecule has 4 saturated carbocycles. The second kappa shape index (κ2) is 11.0. The molecule has 4 bridgehead atoms. The second-order valence-electron chi connectivity index (χ2n) is 16.9. The van der Waals surface area contributed by atoms with Gasteiger partial charge >= 0.3 is 0 Å². The van der Waals surface area contributed by atoms with Crippen molar-refractivity contribution >= 4 is 43.7 Å². The Bertz CT molecular complexity index is 3040. The topological polar surface area (TPSA) is 38.9 Å². The first-order valence-corrected chi connectivity index (χ1v) is 20.2. The van der Waals surface area contributed by atoms with Crippen LogP contribution in [0, 0.1) is 23.7 Å². The Balaban J connectivity index is 1.03. The largest absolute Gasteiger partial charge is 0.456 e. The van der Waals surface area contributed by atoms with Crippen molar-refractivity contribution in [1.82, 2.24) is 9.97 Å². The Labute approximate surface area is 319 Å². The molecule has 2 heterocycles. The highest BCUT2D eigenvalue weighted by Crippen LogP contribution is 2.70. The van der Waals surface area contributed by atoms with Crippen LogP contribution in [0.5, 0.6) is 0 Å². The summed E-state index contributed by atoms with van der Waals surface area (Å²) in [5.74, 6) is 3.20. The first kappa shape index (κ1) is 30.3. The number of benzene rings is 7. The van der Waals surface area contributed by atoms with E-state index in [4.69, 9.17) is 14.4 Å². The maximum Gasteiger partial charge on any atom is 0.136 e. The predicted molar refractivity (Wildman–Crippen MR) is 224 cm³/mol. The number of furan rings is 1. The minimum Gasteiger partial charge on any atom is -0.456 e. The monoisotopic (exact) mass is 706 g/mol. The van der Waals surface area contributed by atoms with Crippen molar-refractivity contribution in [2.24, 2.45) is 23.7 Å². The lowest BCUT2D eigenvalue weighted by molar-refractivity contribution is -0.0399. The summed E-state index contributed by atoms with van der Waals surface area (Å²) in [5.41, 5.74) is 16.2. The molecule has 0 unspecified atom stereocenters. The number of hydrogen-bond acceptors (Lipinski definition) is 3. The van der Waals surface area contributed by atoms with Crippen LogP contribution in [0.1, 0.15) is 43.2 Å². The van der Waals surface area contributed by atoms with Crippen LogP contribution in [0.25, 0.3) is 88.5 Å². The summed E-state index contributed by atoms with van der Waals surface area (Å²) in [7, 11) is 0. The third-order valence-electron chi connectivity index (χ3n) is 14.2. The van der Waals surface area contributed by atoms with Crippen LogP contribution in [0.15, 0.2) is 150 Å². The van der Waals surface area contributed by atoms with Crippen molar-refractivity contribution in [3.8, 4) is 44.8 Å². The quantitative estimate of drug-likeness (QED) is 0.172. The lowest BCUT2D eigenvalue weighted by atomic mass is 9.43. The van der Waals surface area contributed by atoms with Gasteiger partial charge in [-0.3, -0.25) is 0 Å².